The second-order valence-corrected chi connectivity index (χ2v) is 5.53. The summed E-state index contributed by atoms with van der Waals surface area (Å²) in [5.74, 6) is 0. The molecule has 0 bridgehead atoms. The van der Waals surface area contributed by atoms with E-state index in [0.717, 1.165) is 17.8 Å². The second-order valence-electron chi connectivity index (χ2n) is 5.53. The highest BCUT2D eigenvalue weighted by molar-refractivity contribution is 5.78. The van der Waals surface area contributed by atoms with E-state index in [0.29, 0.717) is 0 Å². The van der Waals surface area contributed by atoms with Gasteiger partial charge in [-0.15, -0.1) is 0 Å². The van der Waals surface area contributed by atoms with Crippen molar-refractivity contribution in [2.75, 3.05) is 0 Å². The van der Waals surface area contributed by atoms with Gasteiger partial charge in [0.15, 0.2) is 5.65 Å². The van der Waals surface area contributed by atoms with Crippen LogP contribution in [0.1, 0.15) is 32.0 Å². The number of aromatic nitrogens is 2. The van der Waals surface area contributed by atoms with Gasteiger partial charge in [-0.05, 0) is 42.5 Å². The predicted molar refractivity (Wildman–Crippen MR) is 67.4 cm³/mol. The molecule has 0 amide bonds. The lowest BCUT2D eigenvalue weighted by molar-refractivity contribution is 0.412. The van der Waals surface area contributed by atoms with Crippen molar-refractivity contribution >= 4 is 11.0 Å². The number of aryl methyl sites for hydroxylation is 1. The fourth-order valence-electron chi connectivity index (χ4n) is 1.98. The van der Waals surface area contributed by atoms with Crippen LogP contribution in [-0.4, -0.2) is 9.97 Å². The molecule has 0 atom stereocenters. The van der Waals surface area contributed by atoms with Crippen LogP contribution in [0.15, 0.2) is 24.4 Å². The van der Waals surface area contributed by atoms with Gasteiger partial charge in [0.05, 0.1) is 0 Å². The van der Waals surface area contributed by atoms with Gasteiger partial charge in [-0.2, -0.15) is 0 Å². The molecule has 0 fully saturated rings. The normalized spacial score (nSPS) is 12.0. The first-order valence-electron chi connectivity index (χ1n) is 5.67. The summed E-state index contributed by atoms with van der Waals surface area (Å²) in [6.07, 6.45) is 2.86. The van der Waals surface area contributed by atoms with Gasteiger partial charge in [-0.1, -0.05) is 20.8 Å². The average molecular weight is 214 g/mol. The van der Waals surface area contributed by atoms with Crippen LogP contribution < -0.4 is 0 Å². The van der Waals surface area contributed by atoms with E-state index in [9.17, 15) is 0 Å². The first-order chi connectivity index (χ1) is 7.46. The Hall–Kier alpha value is -1.44. The molecule has 0 spiro atoms. The van der Waals surface area contributed by atoms with Crippen molar-refractivity contribution in [3.8, 4) is 0 Å². The summed E-state index contributed by atoms with van der Waals surface area (Å²) in [5.41, 5.74) is 3.55. The van der Waals surface area contributed by atoms with Gasteiger partial charge >= 0.3 is 0 Å². The lowest BCUT2D eigenvalue weighted by Crippen LogP contribution is -2.10. The summed E-state index contributed by atoms with van der Waals surface area (Å²) in [4.78, 5) is 8.78. The monoisotopic (exact) mass is 214 g/mol. The van der Waals surface area contributed by atoms with Crippen LogP contribution in [0, 0.1) is 12.3 Å². The third kappa shape index (κ3) is 2.38. The van der Waals surface area contributed by atoms with E-state index in [4.69, 9.17) is 0 Å². The van der Waals surface area contributed by atoms with Crippen molar-refractivity contribution in [1.29, 1.82) is 0 Å². The van der Waals surface area contributed by atoms with Crippen LogP contribution in [0.5, 0.6) is 0 Å². The molecule has 2 heterocycles. The maximum Gasteiger partial charge on any atom is 0.159 e. The van der Waals surface area contributed by atoms with Crippen molar-refractivity contribution < 1.29 is 0 Å². The second kappa shape index (κ2) is 3.85. The minimum atomic E-state index is 0.288. The van der Waals surface area contributed by atoms with Gasteiger partial charge < -0.3 is 0 Å². The molecule has 2 nitrogen and oxygen atoms in total. The minimum Gasteiger partial charge on any atom is -0.237 e. The standard InChI is InChI=1S/C14H18N2/c1-10-8-11(9-14(2,3)4)12-6-5-7-15-13(12)16-10/h5-8H,9H2,1-4H3. The van der Waals surface area contributed by atoms with Crippen LogP contribution in [0.25, 0.3) is 11.0 Å². The molecular formula is C14H18N2. The molecule has 0 saturated heterocycles. The number of nitrogens with zero attached hydrogens (tertiary/aromatic N) is 2. The molecule has 0 aliphatic rings. The third-order valence-corrected chi connectivity index (χ3v) is 2.52. The highest BCUT2D eigenvalue weighted by Gasteiger charge is 2.14. The molecule has 2 heteroatoms. The van der Waals surface area contributed by atoms with E-state index < -0.39 is 0 Å². The van der Waals surface area contributed by atoms with Gasteiger partial charge in [-0.3, -0.25) is 0 Å². The molecule has 0 N–H and O–H groups in total. The summed E-state index contributed by atoms with van der Waals surface area (Å²) in [6.45, 7) is 8.79. The molecule has 0 saturated carbocycles. The van der Waals surface area contributed by atoms with Crippen LogP contribution >= 0.6 is 0 Å². The van der Waals surface area contributed by atoms with Crippen molar-refractivity contribution in [2.24, 2.45) is 5.41 Å². The third-order valence-electron chi connectivity index (χ3n) is 2.52. The fourth-order valence-corrected chi connectivity index (χ4v) is 1.98. The zero-order valence-electron chi connectivity index (χ0n) is 10.4. The summed E-state index contributed by atoms with van der Waals surface area (Å²) >= 11 is 0. The minimum absolute atomic E-state index is 0.288. The first kappa shape index (κ1) is 11.1. The molecule has 16 heavy (non-hydrogen) atoms. The first-order valence-corrected chi connectivity index (χ1v) is 5.67. The highest BCUT2D eigenvalue weighted by atomic mass is 14.8. The Balaban J connectivity index is 2.59. The van der Waals surface area contributed by atoms with Gasteiger partial charge in [-0.25, -0.2) is 9.97 Å². The molecule has 0 aliphatic heterocycles. The van der Waals surface area contributed by atoms with E-state index in [1.807, 2.05) is 13.0 Å². The van der Waals surface area contributed by atoms with Gasteiger partial charge in [0, 0.05) is 17.3 Å². The van der Waals surface area contributed by atoms with Gasteiger partial charge in [0.2, 0.25) is 0 Å². The van der Waals surface area contributed by atoms with Crippen LogP contribution in [-0.2, 0) is 6.42 Å². The quantitative estimate of drug-likeness (QED) is 0.725. The topological polar surface area (TPSA) is 25.8 Å². The fraction of sp³-hybridized carbons (Fsp3) is 0.429. The number of fused-ring (bicyclic) bond motifs is 1. The highest BCUT2D eigenvalue weighted by Crippen LogP contribution is 2.25. The molecule has 0 aliphatic carbocycles. The Morgan fingerprint density at radius 2 is 2.00 bits per heavy atom. The Bertz CT molecular complexity index is 510. The Labute approximate surface area is 96.7 Å². The molecule has 84 valence electrons. The maximum absolute atomic E-state index is 4.46. The summed E-state index contributed by atoms with van der Waals surface area (Å²) in [5, 5.41) is 1.18. The number of hydrogen-bond donors (Lipinski definition) is 0. The number of rotatable bonds is 1. The lowest BCUT2D eigenvalue weighted by Gasteiger charge is -2.19. The van der Waals surface area contributed by atoms with Gasteiger partial charge in [0.25, 0.3) is 0 Å². The number of pyridine rings is 2. The lowest BCUT2D eigenvalue weighted by atomic mass is 9.87. The van der Waals surface area contributed by atoms with E-state index in [1.165, 1.54) is 10.9 Å². The SMILES string of the molecule is Cc1cc(CC(C)(C)C)c2cccnc2n1. The Morgan fingerprint density at radius 3 is 2.69 bits per heavy atom. The van der Waals surface area contributed by atoms with Crippen LogP contribution in [0.4, 0.5) is 0 Å². The van der Waals surface area contributed by atoms with Crippen molar-refractivity contribution in [1.82, 2.24) is 9.97 Å². The van der Waals surface area contributed by atoms with Crippen molar-refractivity contribution in [3.05, 3.63) is 35.7 Å². The Kier molecular flexibility index (Phi) is 2.66. The largest absolute Gasteiger partial charge is 0.237 e. The summed E-state index contributed by atoms with van der Waals surface area (Å²) in [7, 11) is 0. The smallest absolute Gasteiger partial charge is 0.159 e. The maximum atomic E-state index is 4.46. The summed E-state index contributed by atoms with van der Waals surface area (Å²) in [6, 6.07) is 6.26. The van der Waals surface area contributed by atoms with Gasteiger partial charge in [0.1, 0.15) is 0 Å². The molecule has 2 aromatic heterocycles. The molecule has 2 rings (SSSR count). The Morgan fingerprint density at radius 1 is 1.25 bits per heavy atom. The van der Waals surface area contributed by atoms with Crippen LogP contribution in [0.2, 0.25) is 0 Å². The molecule has 0 radical (unpaired) electrons. The van der Waals surface area contributed by atoms with E-state index >= 15 is 0 Å². The van der Waals surface area contributed by atoms with Crippen molar-refractivity contribution in [2.45, 2.75) is 34.1 Å². The average Bonchev–Trinajstić information content (AvgIpc) is 2.14. The summed E-state index contributed by atoms with van der Waals surface area (Å²) < 4.78 is 0. The predicted octanol–water partition coefficient (Wildman–Crippen LogP) is 3.53. The van der Waals surface area contributed by atoms with Crippen molar-refractivity contribution in [3.63, 3.8) is 0 Å². The molecule has 0 aromatic carbocycles. The number of hydrogen-bond acceptors (Lipinski definition) is 2. The molecule has 2 aromatic rings. The van der Waals surface area contributed by atoms with E-state index in [1.54, 1.807) is 6.20 Å². The zero-order chi connectivity index (χ0) is 11.8. The van der Waals surface area contributed by atoms with E-state index in [-0.39, 0.29) is 5.41 Å². The molecule has 0 unspecified atom stereocenters. The molecular weight excluding hydrogens is 196 g/mol. The van der Waals surface area contributed by atoms with Crippen LogP contribution in [0.3, 0.4) is 0 Å². The van der Waals surface area contributed by atoms with E-state index in [2.05, 4.69) is 42.9 Å². The zero-order valence-corrected chi connectivity index (χ0v) is 10.4.